The fourth-order valence-electron chi connectivity index (χ4n) is 7.65. The van der Waals surface area contributed by atoms with E-state index in [0.29, 0.717) is 23.9 Å². The fourth-order valence-corrected chi connectivity index (χ4v) is 7.65. The Labute approximate surface area is 174 Å². The minimum absolute atomic E-state index is 0.213. The minimum Gasteiger partial charge on any atom is -0.490 e. The highest BCUT2D eigenvalue weighted by Gasteiger charge is 2.61. The third-order valence-electron chi connectivity index (χ3n) is 9.25. The number of hydrogen-bond donors (Lipinski definition) is 1. The zero-order valence-electron chi connectivity index (χ0n) is 17.6. The van der Waals surface area contributed by atoms with Gasteiger partial charge in [0.15, 0.2) is 0 Å². The van der Waals surface area contributed by atoms with E-state index in [0.717, 1.165) is 36.8 Å². The molecule has 0 spiro atoms. The van der Waals surface area contributed by atoms with Crippen molar-refractivity contribution in [2.45, 2.75) is 77.4 Å². The zero-order valence-corrected chi connectivity index (χ0v) is 17.6. The molecule has 1 N–H and O–H groups in total. The number of amides is 1. The summed E-state index contributed by atoms with van der Waals surface area (Å²) in [5, 5.41) is 12.5. The Morgan fingerprint density at radius 2 is 1.90 bits per heavy atom. The molecule has 1 aromatic carbocycles. The molecule has 7 atom stereocenters. The van der Waals surface area contributed by atoms with Crippen LogP contribution in [0.5, 0.6) is 5.75 Å². The second kappa shape index (κ2) is 6.76. The lowest BCUT2D eigenvalue weighted by molar-refractivity contribution is -0.137. The van der Waals surface area contributed by atoms with Gasteiger partial charge in [-0.3, -0.25) is 4.79 Å². The maximum Gasteiger partial charge on any atom is 0.220 e. The van der Waals surface area contributed by atoms with Gasteiger partial charge in [-0.25, -0.2) is 0 Å². The van der Waals surface area contributed by atoms with Gasteiger partial charge in [-0.15, -0.1) is 0 Å². The van der Waals surface area contributed by atoms with Crippen molar-refractivity contribution in [3.8, 4) is 11.8 Å². The summed E-state index contributed by atoms with van der Waals surface area (Å²) in [5.74, 6) is 3.27. The molecule has 5 rings (SSSR count). The summed E-state index contributed by atoms with van der Waals surface area (Å²) >= 11 is 0. The van der Waals surface area contributed by atoms with Gasteiger partial charge in [-0.1, -0.05) is 19.9 Å². The molecule has 4 nitrogen and oxygen atoms in total. The van der Waals surface area contributed by atoms with Crippen LogP contribution in [0.3, 0.4) is 0 Å². The van der Waals surface area contributed by atoms with Crippen LogP contribution in [0.15, 0.2) is 24.3 Å². The van der Waals surface area contributed by atoms with E-state index in [4.69, 9.17) is 4.74 Å². The maximum absolute atomic E-state index is 12.0. The third kappa shape index (κ3) is 2.88. The lowest BCUT2D eigenvalue weighted by atomic mass is 9.47. The van der Waals surface area contributed by atoms with Gasteiger partial charge in [0.2, 0.25) is 5.91 Å². The number of hydrogen-bond acceptors (Lipinski definition) is 3. The van der Waals surface area contributed by atoms with E-state index >= 15 is 0 Å². The van der Waals surface area contributed by atoms with Gasteiger partial charge in [0.1, 0.15) is 11.9 Å². The summed E-state index contributed by atoms with van der Waals surface area (Å²) in [6.07, 6.45) is 9.16. The monoisotopic (exact) mass is 392 g/mol. The van der Waals surface area contributed by atoms with Gasteiger partial charge in [-0.05, 0) is 86.3 Å². The van der Waals surface area contributed by atoms with Gasteiger partial charge in [-0.2, -0.15) is 5.26 Å². The average Bonchev–Trinajstić information content (AvgIpc) is 3.05. The number of carbonyl (C=O) groups excluding carboxylic acids is 1. The Morgan fingerprint density at radius 3 is 2.72 bits per heavy atom. The first-order chi connectivity index (χ1) is 13.9. The lowest BCUT2D eigenvalue weighted by Gasteiger charge is -2.60. The molecule has 3 saturated carbocycles. The number of fused-ring (bicyclic) bond motifs is 5. The molecule has 3 aliphatic carbocycles. The highest BCUT2D eigenvalue weighted by Crippen LogP contribution is 2.64. The van der Waals surface area contributed by atoms with Gasteiger partial charge >= 0.3 is 0 Å². The summed E-state index contributed by atoms with van der Waals surface area (Å²) in [7, 11) is 0. The Morgan fingerprint density at radius 1 is 1.07 bits per heavy atom. The largest absolute Gasteiger partial charge is 0.490 e. The Hall–Kier alpha value is -2.02. The Kier molecular flexibility index (Phi) is 4.42. The van der Waals surface area contributed by atoms with Crippen LogP contribution in [0.25, 0.3) is 0 Å². The number of carbonyl (C=O) groups is 1. The van der Waals surface area contributed by atoms with Crippen molar-refractivity contribution in [1.29, 1.82) is 5.26 Å². The van der Waals surface area contributed by atoms with Gasteiger partial charge in [0, 0.05) is 17.9 Å². The molecule has 1 saturated heterocycles. The first kappa shape index (κ1) is 19.0. The van der Waals surface area contributed by atoms with Crippen LogP contribution in [0.4, 0.5) is 0 Å². The summed E-state index contributed by atoms with van der Waals surface area (Å²) in [6.45, 7) is 4.91. The van der Waals surface area contributed by atoms with Crippen LogP contribution in [-0.4, -0.2) is 18.1 Å². The lowest BCUT2D eigenvalue weighted by Crippen LogP contribution is -2.61. The van der Waals surface area contributed by atoms with Crippen molar-refractivity contribution in [3.05, 3.63) is 29.8 Å². The molecule has 29 heavy (non-hydrogen) atoms. The predicted octanol–water partition coefficient (Wildman–Crippen LogP) is 4.83. The summed E-state index contributed by atoms with van der Waals surface area (Å²) in [6, 6.07) is 10.2. The predicted molar refractivity (Wildman–Crippen MR) is 111 cm³/mol. The number of benzene rings is 1. The molecule has 4 fully saturated rings. The second-order valence-corrected chi connectivity index (χ2v) is 10.4. The number of rotatable bonds is 2. The van der Waals surface area contributed by atoms with E-state index in [1.807, 2.05) is 24.3 Å². The molecular weight excluding hydrogens is 360 g/mol. The van der Waals surface area contributed by atoms with E-state index in [9.17, 15) is 10.1 Å². The SMILES string of the molecule is C[C@]12CCC(=O)NC1CC[C@@H]1[C@H]2CC[C@]2(C)C(Oc3cccc(C#N)c3)CC[C@@H]12. The molecular formula is C25H32N2O2. The second-order valence-electron chi connectivity index (χ2n) is 10.4. The number of nitrogens with zero attached hydrogens (tertiary/aromatic N) is 1. The summed E-state index contributed by atoms with van der Waals surface area (Å²) in [5.41, 5.74) is 1.14. The molecule has 1 aromatic rings. The van der Waals surface area contributed by atoms with Crippen LogP contribution in [0, 0.1) is 39.9 Å². The van der Waals surface area contributed by atoms with Crippen molar-refractivity contribution in [3.63, 3.8) is 0 Å². The minimum atomic E-state index is 0.213. The quantitative estimate of drug-likeness (QED) is 0.784. The first-order valence-electron chi connectivity index (χ1n) is 11.4. The number of nitrogens with one attached hydrogen (secondary N) is 1. The van der Waals surface area contributed by atoms with Crippen LogP contribution >= 0.6 is 0 Å². The Bertz CT molecular complexity index is 861. The smallest absolute Gasteiger partial charge is 0.220 e. The zero-order chi connectivity index (χ0) is 20.2. The first-order valence-corrected chi connectivity index (χ1v) is 11.4. The van der Waals surface area contributed by atoms with Gasteiger partial charge in [0.05, 0.1) is 11.6 Å². The molecule has 4 aliphatic rings. The highest BCUT2D eigenvalue weighted by atomic mass is 16.5. The van der Waals surface area contributed by atoms with Crippen molar-refractivity contribution in [1.82, 2.24) is 5.32 Å². The average molecular weight is 393 g/mol. The standard InChI is InChI=1S/C25H32N2O2/c1-24-13-11-23(28)27-21(24)8-6-18-19-7-9-22(25(19,2)12-10-20(18)24)29-17-5-3-4-16(14-17)15-26/h3-5,14,18-22H,6-13H2,1-2H3,(H,27,28)/t18-,19-,20+,21?,22?,24+,25-/m0/s1. The van der Waals surface area contributed by atoms with Crippen LogP contribution in [-0.2, 0) is 4.79 Å². The van der Waals surface area contributed by atoms with E-state index in [1.54, 1.807) is 0 Å². The summed E-state index contributed by atoms with van der Waals surface area (Å²) < 4.78 is 6.51. The molecule has 2 unspecified atom stereocenters. The molecule has 0 aromatic heterocycles. The normalized spacial score (nSPS) is 43.3. The van der Waals surface area contributed by atoms with Crippen LogP contribution in [0.1, 0.15) is 70.8 Å². The molecule has 1 aliphatic heterocycles. The molecule has 0 radical (unpaired) electrons. The molecule has 1 heterocycles. The van der Waals surface area contributed by atoms with Crippen LogP contribution < -0.4 is 10.1 Å². The molecule has 1 amide bonds. The van der Waals surface area contributed by atoms with E-state index in [2.05, 4.69) is 25.2 Å². The van der Waals surface area contributed by atoms with Crippen molar-refractivity contribution in [2.75, 3.05) is 0 Å². The molecule has 4 heteroatoms. The Balaban J connectivity index is 1.37. The highest BCUT2D eigenvalue weighted by molar-refractivity contribution is 5.77. The van der Waals surface area contributed by atoms with E-state index in [1.165, 1.54) is 25.7 Å². The van der Waals surface area contributed by atoms with E-state index in [-0.39, 0.29) is 22.8 Å². The van der Waals surface area contributed by atoms with Crippen molar-refractivity contribution in [2.24, 2.45) is 28.6 Å². The fraction of sp³-hybridized carbons (Fsp3) is 0.680. The number of nitriles is 1. The van der Waals surface area contributed by atoms with Crippen molar-refractivity contribution >= 4 is 5.91 Å². The van der Waals surface area contributed by atoms with Crippen LogP contribution in [0.2, 0.25) is 0 Å². The topological polar surface area (TPSA) is 62.1 Å². The number of ether oxygens (including phenoxy) is 1. The molecule has 0 bridgehead atoms. The van der Waals surface area contributed by atoms with Gasteiger partial charge in [0.25, 0.3) is 0 Å². The van der Waals surface area contributed by atoms with Crippen molar-refractivity contribution < 1.29 is 9.53 Å². The molecule has 154 valence electrons. The number of piperidine rings is 1. The third-order valence-corrected chi connectivity index (χ3v) is 9.25. The van der Waals surface area contributed by atoms with E-state index < -0.39 is 0 Å². The maximum atomic E-state index is 12.0. The summed E-state index contributed by atoms with van der Waals surface area (Å²) in [4.78, 5) is 12.0. The van der Waals surface area contributed by atoms with Gasteiger partial charge < -0.3 is 10.1 Å².